The number of nitrogens with zero attached hydrogens (tertiary/aromatic N) is 4. The first kappa shape index (κ1) is 9.10. The first-order valence-corrected chi connectivity index (χ1v) is 3.35. The van der Waals surface area contributed by atoms with Crippen LogP contribution in [0.2, 0.25) is 0 Å². The van der Waals surface area contributed by atoms with Gasteiger partial charge in [-0.15, -0.1) is 4.68 Å². The second-order valence-corrected chi connectivity index (χ2v) is 2.39. The van der Waals surface area contributed by atoms with Crippen molar-refractivity contribution in [1.82, 2.24) is 14.8 Å². The van der Waals surface area contributed by atoms with Crippen LogP contribution in [0.5, 0.6) is 0 Å². The van der Waals surface area contributed by atoms with Crippen molar-refractivity contribution in [3.63, 3.8) is 0 Å². The van der Waals surface area contributed by atoms with Gasteiger partial charge < -0.3 is 15.8 Å². The normalized spacial score (nSPS) is 9.92. The second kappa shape index (κ2) is 3.17. The van der Waals surface area contributed by atoms with Gasteiger partial charge in [0, 0.05) is 5.10 Å². The Bertz CT molecular complexity index is 357. The fourth-order valence-electron chi connectivity index (χ4n) is 0.746. The average Bonchev–Trinajstić information content (AvgIpc) is 2.31. The third kappa shape index (κ3) is 1.98. The van der Waals surface area contributed by atoms with Gasteiger partial charge in [0.2, 0.25) is 0 Å². The molecule has 0 amide bonds. The van der Waals surface area contributed by atoms with Gasteiger partial charge in [0.25, 0.3) is 0 Å². The van der Waals surface area contributed by atoms with Crippen LogP contribution in [0.1, 0.15) is 6.92 Å². The van der Waals surface area contributed by atoms with E-state index in [0.29, 0.717) is 0 Å². The fraction of sp³-hybridized carbons (Fsp3) is 0.400. The predicted octanol–water partition coefficient (Wildman–Crippen LogP) is -0.643. The quantitative estimate of drug-likeness (QED) is 0.494. The molecule has 1 heterocycles. The maximum Gasteiger partial charge on any atom is 0.493 e. The molecule has 0 aliphatic carbocycles. The van der Waals surface area contributed by atoms with Crippen molar-refractivity contribution >= 4 is 17.7 Å². The van der Waals surface area contributed by atoms with Gasteiger partial charge in [-0.05, 0) is 16.8 Å². The predicted molar refractivity (Wildman–Crippen MR) is 41.8 cm³/mol. The number of anilines is 1. The van der Waals surface area contributed by atoms with Gasteiger partial charge >= 0.3 is 11.9 Å². The van der Waals surface area contributed by atoms with E-state index < -0.39 is 10.9 Å². The Morgan fingerprint density at radius 1 is 1.77 bits per heavy atom. The van der Waals surface area contributed by atoms with Crippen molar-refractivity contribution in [2.45, 2.75) is 13.5 Å². The van der Waals surface area contributed by atoms with E-state index in [1.165, 1.54) is 6.92 Å². The molecule has 1 aromatic heterocycles. The highest BCUT2D eigenvalue weighted by molar-refractivity contribution is 5.75. The molecule has 0 saturated carbocycles. The fourth-order valence-corrected chi connectivity index (χ4v) is 0.746. The molecule has 1 rings (SSSR count). The minimum absolute atomic E-state index is 0.104. The molecule has 0 atom stereocenters. The van der Waals surface area contributed by atoms with Gasteiger partial charge in [0.1, 0.15) is 6.54 Å². The lowest BCUT2D eigenvalue weighted by Crippen LogP contribution is -2.10. The van der Waals surface area contributed by atoms with Gasteiger partial charge in [0.15, 0.2) is 5.78 Å². The molecular weight excluding hydrogens is 178 g/mol. The van der Waals surface area contributed by atoms with Crippen molar-refractivity contribution < 1.29 is 9.72 Å². The minimum Gasteiger partial charge on any atom is -0.390 e. The summed E-state index contributed by atoms with van der Waals surface area (Å²) >= 11 is 0. The molecule has 0 aliphatic heterocycles. The van der Waals surface area contributed by atoms with Crippen LogP contribution < -0.4 is 5.73 Å². The summed E-state index contributed by atoms with van der Waals surface area (Å²) < 4.78 is 0.987. The lowest BCUT2D eigenvalue weighted by atomic mass is 10.4. The standard InChI is InChI=1S/C5H7N5O3/c1-3(11)2-9-4(6)7-5(8-9)10(12)13/h2H2,1H3,(H2,6,7,8). The first-order valence-electron chi connectivity index (χ1n) is 3.35. The van der Waals surface area contributed by atoms with Gasteiger partial charge in [0.05, 0.1) is 0 Å². The Labute approximate surface area is 72.5 Å². The molecule has 1 aromatic rings. The van der Waals surface area contributed by atoms with Crippen LogP contribution in [0.25, 0.3) is 0 Å². The van der Waals surface area contributed by atoms with Crippen LogP contribution in [0.4, 0.5) is 11.9 Å². The molecule has 2 N–H and O–H groups in total. The summed E-state index contributed by atoms with van der Waals surface area (Å²) in [6.07, 6.45) is 0. The highest BCUT2D eigenvalue weighted by Crippen LogP contribution is 2.06. The van der Waals surface area contributed by atoms with Crippen LogP contribution in [0, 0.1) is 10.1 Å². The molecule has 0 unspecified atom stereocenters. The van der Waals surface area contributed by atoms with E-state index in [9.17, 15) is 14.9 Å². The molecule has 0 aliphatic rings. The van der Waals surface area contributed by atoms with Crippen molar-refractivity contribution in [2.75, 3.05) is 5.73 Å². The zero-order valence-corrected chi connectivity index (χ0v) is 6.80. The Morgan fingerprint density at radius 2 is 2.38 bits per heavy atom. The number of Topliss-reactive ketones (excluding diaryl/α,β-unsaturated/α-hetero) is 1. The number of nitro groups is 1. The third-order valence-corrected chi connectivity index (χ3v) is 1.22. The number of hydrogen-bond acceptors (Lipinski definition) is 6. The maximum absolute atomic E-state index is 10.6. The van der Waals surface area contributed by atoms with E-state index in [2.05, 4.69) is 10.1 Å². The van der Waals surface area contributed by atoms with E-state index in [4.69, 9.17) is 5.73 Å². The van der Waals surface area contributed by atoms with Crippen molar-refractivity contribution in [1.29, 1.82) is 0 Å². The topological polar surface area (TPSA) is 117 Å². The zero-order valence-electron chi connectivity index (χ0n) is 6.80. The van der Waals surface area contributed by atoms with Crippen LogP contribution in [0.15, 0.2) is 0 Å². The zero-order chi connectivity index (χ0) is 10.0. The highest BCUT2D eigenvalue weighted by atomic mass is 16.6. The lowest BCUT2D eigenvalue weighted by Gasteiger charge is -1.90. The summed E-state index contributed by atoms with van der Waals surface area (Å²) in [4.78, 5) is 23.4. The molecule has 13 heavy (non-hydrogen) atoms. The highest BCUT2D eigenvalue weighted by Gasteiger charge is 2.19. The summed E-state index contributed by atoms with van der Waals surface area (Å²) in [5.74, 6) is -0.938. The molecule has 8 nitrogen and oxygen atoms in total. The summed E-state index contributed by atoms with van der Waals surface area (Å²) in [6.45, 7) is 1.22. The number of hydrogen-bond donors (Lipinski definition) is 1. The number of ketones is 1. The average molecular weight is 185 g/mol. The summed E-state index contributed by atoms with van der Waals surface area (Å²) in [7, 11) is 0. The van der Waals surface area contributed by atoms with E-state index in [1.54, 1.807) is 0 Å². The molecular formula is C5H7N5O3. The van der Waals surface area contributed by atoms with E-state index >= 15 is 0 Å². The van der Waals surface area contributed by atoms with E-state index in [0.717, 1.165) is 4.68 Å². The number of rotatable bonds is 3. The van der Waals surface area contributed by atoms with Crippen LogP contribution in [0.3, 0.4) is 0 Å². The monoisotopic (exact) mass is 185 g/mol. The van der Waals surface area contributed by atoms with Crippen molar-refractivity contribution in [2.24, 2.45) is 0 Å². The number of aromatic nitrogens is 3. The number of carbonyl (C=O) groups excluding carboxylic acids is 1. The molecule has 0 fully saturated rings. The summed E-state index contributed by atoms with van der Waals surface area (Å²) in [6, 6.07) is 0. The van der Waals surface area contributed by atoms with Gasteiger partial charge in [-0.2, -0.15) is 0 Å². The SMILES string of the molecule is CC(=O)Cn1nc([N+](=O)[O-])nc1N. The van der Waals surface area contributed by atoms with Crippen LogP contribution in [-0.4, -0.2) is 25.5 Å². The smallest absolute Gasteiger partial charge is 0.390 e. The first-order chi connectivity index (χ1) is 6.00. The summed E-state index contributed by atoms with van der Waals surface area (Å²) in [5.41, 5.74) is 5.26. The molecule has 0 radical (unpaired) electrons. The molecule has 8 heteroatoms. The van der Waals surface area contributed by atoms with Gasteiger partial charge in [-0.25, -0.2) is 0 Å². The van der Waals surface area contributed by atoms with Crippen LogP contribution >= 0.6 is 0 Å². The van der Waals surface area contributed by atoms with Crippen molar-refractivity contribution in [3.8, 4) is 0 Å². The molecule has 0 bridgehead atoms. The molecule has 70 valence electrons. The molecule has 0 spiro atoms. The number of carbonyl (C=O) groups is 1. The Morgan fingerprint density at radius 3 is 2.77 bits per heavy atom. The minimum atomic E-state index is -0.771. The number of nitrogens with two attached hydrogens (primary N) is 1. The van der Waals surface area contributed by atoms with E-state index in [1.807, 2.05) is 0 Å². The summed E-state index contributed by atoms with van der Waals surface area (Å²) in [5, 5.41) is 13.6. The third-order valence-electron chi connectivity index (χ3n) is 1.22. The van der Waals surface area contributed by atoms with Gasteiger partial charge in [-0.3, -0.25) is 4.79 Å². The Balaban J connectivity index is 2.96. The Hall–Kier alpha value is -1.99. The van der Waals surface area contributed by atoms with Crippen LogP contribution in [-0.2, 0) is 11.3 Å². The maximum atomic E-state index is 10.6. The van der Waals surface area contributed by atoms with Gasteiger partial charge in [-0.1, -0.05) is 0 Å². The van der Waals surface area contributed by atoms with Crippen molar-refractivity contribution in [3.05, 3.63) is 10.1 Å². The second-order valence-electron chi connectivity index (χ2n) is 2.39. The lowest BCUT2D eigenvalue weighted by molar-refractivity contribution is -0.394. The number of nitrogen functional groups attached to an aromatic ring is 1. The molecule has 0 saturated heterocycles. The largest absolute Gasteiger partial charge is 0.493 e. The molecule has 0 aromatic carbocycles. The Kier molecular flexibility index (Phi) is 2.22. The van der Waals surface area contributed by atoms with E-state index in [-0.39, 0.29) is 18.3 Å².